The zero-order chi connectivity index (χ0) is 21.0. The Morgan fingerprint density at radius 2 is 1.93 bits per heavy atom. The summed E-state index contributed by atoms with van der Waals surface area (Å²) in [5, 5.41) is 3.99. The molecule has 0 N–H and O–H groups in total. The standard InChI is InChI=1S/C22H22N2O5/c1-14-11-18(16(3)24(14)21-12-15(2)29-23-21)19(25)13-28-22(26)10-9-17-7-5-6-8-20(17)27-4/h5-12H,13H2,1-4H3/b10-9+. The molecular formula is C22H22N2O5. The summed E-state index contributed by atoms with van der Waals surface area (Å²) in [6.07, 6.45) is 2.86. The lowest BCUT2D eigenvalue weighted by Crippen LogP contribution is -2.13. The van der Waals surface area contributed by atoms with Gasteiger partial charge in [0.05, 0.1) is 7.11 Å². The molecule has 0 saturated carbocycles. The van der Waals surface area contributed by atoms with E-state index in [4.69, 9.17) is 14.0 Å². The molecular weight excluding hydrogens is 372 g/mol. The molecule has 0 atom stereocenters. The highest BCUT2D eigenvalue weighted by atomic mass is 16.5. The number of aryl methyl sites for hydroxylation is 2. The summed E-state index contributed by atoms with van der Waals surface area (Å²) in [6, 6.07) is 10.8. The fourth-order valence-corrected chi connectivity index (χ4v) is 3.08. The van der Waals surface area contributed by atoms with Crippen LogP contribution in [0.25, 0.3) is 11.9 Å². The van der Waals surface area contributed by atoms with Gasteiger partial charge in [-0.25, -0.2) is 4.79 Å². The van der Waals surface area contributed by atoms with E-state index in [0.717, 1.165) is 11.3 Å². The minimum Gasteiger partial charge on any atom is -0.496 e. The first-order chi connectivity index (χ1) is 13.9. The maximum Gasteiger partial charge on any atom is 0.331 e. The van der Waals surface area contributed by atoms with Crippen molar-refractivity contribution in [3.05, 3.63) is 70.7 Å². The van der Waals surface area contributed by atoms with Gasteiger partial charge in [0.15, 0.2) is 12.4 Å². The number of hydrogen-bond acceptors (Lipinski definition) is 6. The van der Waals surface area contributed by atoms with Gasteiger partial charge in [-0.05, 0) is 39.0 Å². The number of nitrogens with zero attached hydrogens (tertiary/aromatic N) is 2. The van der Waals surface area contributed by atoms with Crippen LogP contribution < -0.4 is 4.74 Å². The summed E-state index contributed by atoms with van der Waals surface area (Å²) in [5.74, 6) is 1.03. The lowest BCUT2D eigenvalue weighted by molar-refractivity contribution is -0.136. The number of ether oxygens (including phenoxy) is 2. The summed E-state index contributed by atoms with van der Waals surface area (Å²) in [7, 11) is 1.56. The Morgan fingerprint density at radius 3 is 2.62 bits per heavy atom. The number of hydrogen-bond donors (Lipinski definition) is 0. The zero-order valence-electron chi connectivity index (χ0n) is 16.8. The Bertz CT molecular complexity index is 1070. The average Bonchev–Trinajstić information content (AvgIpc) is 3.26. The topological polar surface area (TPSA) is 83.6 Å². The molecule has 0 amide bonds. The average molecular weight is 394 g/mol. The second-order valence-corrected chi connectivity index (χ2v) is 6.52. The lowest BCUT2D eigenvalue weighted by Gasteiger charge is -2.05. The van der Waals surface area contributed by atoms with Gasteiger partial charge in [0, 0.05) is 34.7 Å². The largest absolute Gasteiger partial charge is 0.496 e. The second-order valence-electron chi connectivity index (χ2n) is 6.52. The molecule has 0 aliphatic rings. The van der Waals surface area contributed by atoms with Crippen LogP contribution in [-0.4, -0.2) is 35.2 Å². The number of carbonyl (C=O) groups is 2. The molecule has 0 spiro atoms. The fraction of sp³-hybridized carbons (Fsp3) is 0.227. The minimum absolute atomic E-state index is 0.288. The molecule has 0 unspecified atom stereocenters. The van der Waals surface area contributed by atoms with Crippen LogP contribution in [0, 0.1) is 20.8 Å². The van der Waals surface area contributed by atoms with E-state index in [2.05, 4.69) is 5.16 Å². The fourth-order valence-electron chi connectivity index (χ4n) is 3.08. The van der Waals surface area contributed by atoms with Gasteiger partial charge in [0.2, 0.25) is 5.78 Å². The molecule has 7 heteroatoms. The van der Waals surface area contributed by atoms with E-state index >= 15 is 0 Å². The van der Waals surface area contributed by atoms with Gasteiger partial charge in [-0.2, -0.15) is 0 Å². The molecule has 7 nitrogen and oxygen atoms in total. The number of benzene rings is 1. The van der Waals surface area contributed by atoms with E-state index < -0.39 is 5.97 Å². The van der Waals surface area contributed by atoms with Gasteiger partial charge in [0.1, 0.15) is 11.5 Å². The summed E-state index contributed by atoms with van der Waals surface area (Å²) >= 11 is 0. The zero-order valence-corrected chi connectivity index (χ0v) is 16.8. The van der Waals surface area contributed by atoms with E-state index in [1.54, 1.807) is 38.3 Å². The molecule has 0 fully saturated rings. The predicted octanol–water partition coefficient (Wildman–Crippen LogP) is 3.84. The summed E-state index contributed by atoms with van der Waals surface area (Å²) in [4.78, 5) is 24.6. The van der Waals surface area contributed by atoms with Gasteiger partial charge >= 0.3 is 5.97 Å². The van der Waals surface area contributed by atoms with Gasteiger partial charge in [-0.1, -0.05) is 23.4 Å². The summed E-state index contributed by atoms with van der Waals surface area (Å²) in [5.41, 5.74) is 2.76. The Kier molecular flexibility index (Phi) is 5.97. The third kappa shape index (κ3) is 4.45. The van der Waals surface area contributed by atoms with Gasteiger partial charge in [-0.15, -0.1) is 0 Å². The molecule has 1 aromatic carbocycles. The highest BCUT2D eigenvalue weighted by molar-refractivity contribution is 6.00. The highest BCUT2D eigenvalue weighted by Crippen LogP contribution is 2.21. The molecule has 0 aliphatic carbocycles. The van der Waals surface area contributed by atoms with Crippen LogP contribution in [0.4, 0.5) is 0 Å². The maximum absolute atomic E-state index is 12.6. The highest BCUT2D eigenvalue weighted by Gasteiger charge is 2.19. The van der Waals surface area contributed by atoms with Crippen LogP contribution in [0.15, 0.2) is 47.0 Å². The summed E-state index contributed by atoms with van der Waals surface area (Å²) in [6.45, 7) is 5.13. The SMILES string of the molecule is COc1ccccc1/C=C/C(=O)OCC(=O)c1cc(C)n(-c2cc(C)on2)c1C. The third-order valence-electron chi connectivity index (χ3n) is 4.46. The Balaban J connectivity index is 1.67. The smallest absolute Gasteiger partial charge is 0.331 e. The number of esters is 1. The Labute approximate surface area is 168 Å². The predicted molar refractivity (Wildman–Crippen MR) is 107 cm³/mol. The first-order valence-corrected chi connectivity index (χ1v) is 9.04. The first kappa shape index (κ1) is 20.1. The molecule has 0 radical (unpaired) electrons. The van der Waals surface area contributed by atoms with Gasteiger partial charge in [-0.3, -0.25) is 9.36 Å². The van der Waals surface area contributed by atoms with Crippen LogP contribution in [0.5, 0.6) is 5.75 Å². The van der Waals surface area contributed by atoms with Crippen molar-refractivity contribution in [1.29, 1.82) is 0 Å². The quantitative estimate of drug-likeness (QED) is 0.344. The molecule has 3 rings (SSSR count). The normalized spacial score (nSPS) is 11.0. The monoisotopic (exact) mass is 394 g/mol. The van der Waals surface area contributed by atoms with Gasteiger partial charge in [0.25, 0.3) is 0 Å². The van der Waals surface area contributed by atoms with E-state index in [1.807, 2.05) is 36.6 Å². The van der Waals surface area contributed by atoms with Crippen LogP contribution in [0.2, 0.25) is 0 Å². The lowest BCUT2D eigenvalue weighted by atomic mass is 10.1. The van der Waals surface area contributed by atoms with Crippen LogP contribution >= 0.6 is 0 Å². The van der Waals surface area contributed by atoms with Crippen LogP contribution in [-0.2, 0) is 9.53 Å². The number of para-hydroxylation sites is 1. The van der Waals surface area contributed by atoms with Crippen LogP contribution in [0.1, 0.15) is 33.1 Å². The Morgan fingerprint density at radius 1 is 1.17 bits per heavy atom. The number of rotatable bonds is 7. The summed E-state index contributed by atoms with van der Waals surface area (Å²) < 4.78 is 17.3. The molecule has 2 aromatic heterocycles. The van der Waals surface area contributed by atoms with Gasteiger partial charge < -0.3 is 14.0 Å². The molecule has 0 aliphatic heterocycles. The van der Waals surface area contributed by atoms with Crippen molar-refractivity contribution in [1.82, 2.24) is 9.72 Å². The molecule has 3 aromatic rings. The van der Waals surface area contributed by atoms with Crippen molar-refractivity contribution < 1.29 is 23.6 Å². The molecule has 0 bridgehead atoms. The number of Topliss-reactive ketones (excluding diaryl/α,β-unsaturated/α-hetero) is 1. The third-order valence-corrected chi connectivity index (χ3v) is 4.46. The van der Waals surface area contributed by atoms with E-state index in [0.29, 0.717) is 28.6 Å². The molecule has 2 heterocycles. The van der Waals surface area contributed by atoms with Crippen molar-refractivity contribution in [2.24, 2.45) is 0 Å². The van der Waals surface area contributed by atoms with E-state index in [1.165, 1.54) is 6.08 Å². The number of carbonyl (C=O) groups excluding carboxylic acids is 2. The van der Waals surface area contributed by atoms with Crippen molar-refractivity contribution in [2.45, 2.75) is 20.8 Å². The van der Waals surface area contributed by atoms with Crippen molar-refractivity contribution in [3.63, 3.8) is 0 Å². The van der Waals surface area contributed by atoms with Crippen LogP contribution in [0.3, 0.4) is 0 Å². The second kappa shape index (κ2) is 8.60. The Hall–Kier alpha value is -3.61. The van der Waals surface area contributed by atoms with Crippen molar-refractivity contribution in [2.75, 3.05) is 13.7 Å². The number of ketones is 1. The van der Waals surface area contributed by atoms with Crippen molar-refractivity contribution >= 4 is 17.8 Å². The van der Waals surface area contributed by atoms with Crippen molar-refractivity contribution in [3.8, 4) is 11.6 Å². The maximum atomic E-state index is 12.6. The number of aromatic nitrogens is 2. The van der Waals surface area contributed by atoms with E-state index in [-0.39, 0.29) is 12.4 Å². The molecule has 150 valence electrons. The molecule has 0 saturated heterocycles. The number of methoxy groups -OCH3 is 1. The first-order valence-electron chi connectivity index (χ1n) is 9.04. The molecule has 29 heavy (non-hydrogen) atoms. The minimum atomic E-state index is -0.606. The van der Waals surface area contributed by atoms with E-state index in [9.17, 15) is 9.59 Å².